The number of hydrogen-bond acceptors (Lipinski definition) is 4. The number of halogens is 1. The Balaban J connectivity index is 3.04. The van der Waals surface area contributed by atoms with E-state index in [1.807, 2.05) is 13.8 Å². The molecule has 0 saturated heterocycles. The summed E-state index contributed by atoms with van der Waals surface area (Å²) in [4.78, 5) is 0. The van der Waals surface area contributed by atoms with Crippen LogP contribution >= 0.6 is 19.2 Å². The van der Waals surface area contributed by atoms with Crippen molar-refractivity contribution in [2.75, 3.05) is 13.2 Å². The molecule has 0 unspecified atom stereocenters. The fourth-order valence-electron chi connectivity index (χ4n) is 1.87. The molecule has 1 rings (SSSR count). The lowest BCUT2D eigenvalue weighted by molar-refractivity contribution is 0.219. The van der Waals surface area contributed by atoms with E-state index in [4.69, 9.17) is 25.1 Å². The predicted molar refractivity (Wildman–Crippen MR) is 72.3 cm³/mol. The van der Waals surface area contributed by atoms with Crippen LogP contribution in [0, 0.1) is 13.8 Å². The van der Waals surface area contributed by atoms with Crippen molar-refractivity contribution >= 4 is 19.2 Å². The van der Waals surface area contributed by atoms with Gasteiger partial charge in [-0.1, -0.05) is 0 Å². The molecule has 0 N–H and O–H groups in total. The van der Waals surface area contributed by atoms with E-state index < -0.39 is 7.60 Å². The van der Waals surface area contributed by atoms with Gasteiger partial charge in [0.05, 0.1) is 25.3 Å². The average Bonchev–Trinajstić information content (AvgIpc) is 2.54. The Morgan fingerprint density at radius 1 is 1.11 bits per heavy atom. The van der Waals surface area contributed by atoms with E-state index in [0.717, 1.165) is 22.6 Å². The molecule has 18 heavy (non-hydrogen) atoms. The maximum absolute atomic E-state index is 12.5. The van der Waals surface area contributed by atoms with Gasteiger partial charge in [-0.3, -0.25) is 4.57 Å². The smallest absolute Gasteiger partial charge is 0.335 e. The Hall–Kier alpha value is -0.280. The summed E-state index contributed by atoms with van der Waals surface area (Å²) in [6.07, 6.45) is 0.208. The third kappa shape index (κ3) is 3.61. The van der Waals surface area contributed by atoms with Gasteiger partial charge < -0.3 is 13.5 Å². The zero-order valence-electron chi connectivity index (χ0n) is 11.3. The molecule has 0 radical (unpaired) electrons. The Labute approximate surface area is 113 Å². The van der Waals surface area contributed by atoms with Crippen LogP contribution in [0.3, 0.4) is 0 Å². The van der Waals surface area contributed by atoms with E-state index in [1.165, 1.54) is 0 Å². The largest absolute Gasteiger partial charge is 0.466 e. The molecular weight excluding hydrogens is 275 g/mol. The van der Waals surface area contributed by atoms with Gasteiger partial charge in [0.15, 0.2) is 0 Å². The third-order valence-corrected chi connectivity index (χ3v) is 4.93. The number of aryl methyl sites for hydroxylation is 2. The third-order valence-electron chi connectivity index (χ3n) is 2.66. The van der Waals surface area contributed by atoms with Gasteiger partial charge in [0.1, 0.15) is 11.5 Å². The first-order valence-corrected chi connectivity index (χ1v) is 8.25. The van der Waals surface area contributed by atoms with E-state index >= 15 is 0 Å². The maximum Gasteiger partial charge on any atom is 0.335 e. The summed E-state index contributed by atoms with van der Waals surface area (Å²) in [5, 5.41) is 0. The zero-order valence-corrected chi connectivity index (χ0v) is 12.9. The molecule has 0 bridgehead atoms. The molecule has 0 aliphatic carbocycles. The fourth-order valence-corrected chi connectivity index (χ4v) is 4.07. The fraction of sp³-hybridized carbons (Fsp3) is 0.667. The number of rotatable bonds is 7. The minimum Gasteiger partial charge on any atom is -0.466 e. The lowest BCUT2D eigenvalue weighted by atomic mass is 10.1. The first-order chi connectivity index (χ1) is 8.47. The topological polar surface area (TPSA) is 48.7 Å². The molecule has 0 aliphatic rings. The van der Waals surface area contributed by atoms with Gasteiger partial charge in [-0.2, -0.15) is 0 Å². The molecule has 6 heteroatoms. The summed E-state index contributed by atoms with van der Waals surface area (Å²) in [5.41, 5.74) is 1.72. The van der Waals surface area contributed by atoms with E-state index in [1.54, 1.807) is 13.8 Å². The molecule has 0 aliphatic heterocycles. The number of furan rings is 1. The minimum atomic E-state index is -3.11. The van der Waals surface area contributed by atoms with Crippen LogP contribution < -0.4 is 0 Å². The van der Waals surface area contributed by atoms with E-state index in [2.05, 4.69) is 0 Å². The van der Waals surface area contributed by atoms with Crippen molar-refractivity contribution < 1.29 is 18.0 Å². The molecule has 1 heterocycles. The molecule has 1 aromatic rings. The van der Waals surface area contributed by atoms with Crippen LogP contribution in [0.5, 0.6) is 0 Å². The molecule has 0 atom stereocenters. The summed E-state index contributed by atoms with van der Waals surface area (Å²) < 4.78 is 28.6. The van der Waals surface area contributed by atoms with Crippen molar-refractivity contribution in [1.82, 2.24) is 0 Å². The van der Waals surface area contributed by atoms with Crippen LogP contribution in [-0.2, 0) is 25.7 Å². The second-order valence-electron chi connectivity index (χ2n) is 3.91. The van der Waals surface area contributed by atoms with Crippen LogP contribution in [-0.4, -0.2) is 13.2 Å². The van der Waals surface area contributed by atoms with Gasteiger partial charge in [-0.05, 0) is 27.7 Å². The van der Waals surface area contributed by atoms with E-state index in [-0.39, 0.29) is 6.16 Å². The molecular formula is C12H20ClO4P. The van der Waals surface area contributed by atoms with Crippen molar-refractivity contribution in [2.24, 2.45) is 0 Å². The SMILES string of the molecule is CCOP(=O)(Cc1c(C)oc(C)c1CCl)OCC. The highest BCUT2D eigenvalue weighted by molar-refractivity contribution is 7.53. The highest BCUT2D eigenvalue weighted by atomic mass is 35.5. The van der Waals surface area contributed by atoms with Crippen LogP contribution in [0.15, 0.2) is 4.42 Å². The van der Waals surface area contributed by atoms with Crippen molar-refractivity contribution in [1.29, 1.82) is 0 Å². The molecule has 0 amide bonds. The van der Waals surface area contributed by atoms with Gasteiger partial charge in [0.2, 0.25) is 0 Å². The number of alkyl halides is 1. The zero-order chi connectivity index (χ0) is 13.8. The standard InChI is InChI=1S/C12H20ClO4P/c1-5-15-18(14,16-6-2)8-12-10(4)17-9(3)11(12)7-13/h5-8H2,1-4H3. The second kappa shape index (κ2) is 6.76. The van der Waals surface area contributed by atoms with Crippen LogP contribution in [0.2, 0.25) is 0 Å². The molecule has 0 aromatic carbocycles. The monoisotopic (exact) mass is 294 g/mol. The summed E-state index contributed by atoms with van der Waals surface area (Å²) in [6, 6.07) is 0. The highest BCUT2D eigenvalue weighted by Crippen LogP contribution is 2.52. The normalized spacial score (nSPS) is 12.1. The molecule has 0 saturated carbocycles. The summed E-state index contributed by atoms with van der Waals surface area (Å²) >= 11 is 5.90. The highest BCUT2D eigenvalue weighted by Gasteiger charge is 2.28. The van der Waals surface area contributed by atoms with Gasteiger partial charge >= 0.3 is 7.60 Å². The lowest BCUT2D eigenvalue weighted by Crippen LogP contribution is -2.01. The maximum atomic E-state index is 12.5. The molecule has 1 aromatic heterocycles. The lowest BCUT2D eigenvalue weighted by Gasteiger charge is -2.17. The van der Waals surface area contributed by atoms with Crippen molar-refractivity contribution in [3.8, 4) is 0 Å². The predicted octanol–water partition coefficient (Wildman–Crippen LogP) is 4.40. The Morgan fingerprint density at radius 3 is 2.06 bits per heavy atom. The average molecular weight is 295 g/mol. The summed E-state index contributed by atoms with van der Waals surface area (Å²) in [6.45, 7) is 7.97. The molecule has 104 valence electrons. The van der Waals surface area contributed by atoms with Crippen LogP contribution in [0.4, 0.5) is 0 Å². The van der Waals surface area contributed by atoms with Gasteiger partial charge in [0, 0.05) is 11.1 Å². The summed E-state index contributed by atoms with van der Waals surface area (Å²) in [7, 11) is -3.11. The van der Waals surface area contributed by atoms with Gasteiger partial charge in [-0.25, -0.2) is 0 Å². The quantitative estimate of drug-likeness (QED) is 0.552. The van der Waals surface area contributed by atoms with Crippen molar-refractivity contribution in [3.05, 3.63) is 22.6 Å². The Bertz CT molecular complexity index is 432. The van der Waals surface area contributed by atoms with Crippen molar-refractivity contribution in [2.45, 2.75) is 39.7 Å². The van der Waals surface area contributed by atoms with Crippen LogP contribution in [0.1, 0.15) is 36.5 Å². The van der Waals surface area contributed by atoms with Crippen molar-refractivity contribution in [3.63, 3.8) is 0 Å². The van der Waals surface area contributed by atoms with Crippen LogP contribution in [0.25, 0.3) is 0 Å². The Morgan fingerprint density at radius 2 is 1.61 bits per heavy atom. The molecule has 4 nitrogen and oxygen atoms in total. The van der Waals surface area contributed by atoms with E-state index in [9.17, 15) is 4.57 Å². The first kappa shape index (κ1) is 15.8. The van der Waals surface area contributed by atoms with E-state index in [0.29, 0.717) is 19.1 Å². The molecule has 0 spiro atoms. The van der Waals surface area contributed by atoms with Gasteiger partial charge in [0.25, 0.3) is 0 Å². The minimum absolute atomic E-state index is 0.208. The summed E-state index contributed by atoms with van der Waals surface area (Å²) in [5.74, 6) is 1.82. The number of hydrogen-bond donors (Lipinski definition) is 0. The Kier molecular flexibility index (Phi) is 5.93. The first-order valence-electron chi connectivity index (χ1n) is 5.99. The molecule has 0 fully saturated rings. The van der Waals surface area contributed by atoms with Gasteiger partial charge in [-0.15, -0.1) is 11.6 Å². The second-order valence-corrected chi connectivity index (χ2v) is 6.23.